The van der Waals surface area contributed by atoms with Gasteiger partial charge >= 0.3 is 11.9 Å². The lowest BCUT2D eigenvalue weighted by atomic mass is 10.1. The van der Waals surface area contributed by atoms with Crippen molar-refractivity contribution in [3.8, 4) is 0 Å². The third-order valence-electron chi connectivity index (χ3n) is 3.78. The van der Waals surface area contributed by atoms with E-state index in [-0.39, 0.29) is 25.4 Å². The summed E-state index contributed by atoms with van der Waals surface area (Å²) in [5, 5.41) is 8.98. The lowest BCUT2D eigenvalue weighted by Crippen LogP contribution is -2.16. The van der Waals surface area contributed by atoms with Crippen molar-refractivity contribution in [2.24, 2.45) is 0 Å². The van der Waals surface area contributed by atoms with E-state index in [1.165, 1.54) is 58.3 Å². The van der Waals surface area contributed by atoms with Gasteiger partial charge in [-0.25, -0.2) is 0 Å². The number of unbranched alkanes of at least 4 members (excludes halogenated alkanes) is 9. The van der Waals surface area contributed by atoms with Gasteiger partial charge in [0.1, 0.15) is 6.61 Å². The highest BCUT2D eigenvalue weighted by Crippen LogP contribution is 2.10. The first-order chi connectivity index (χ1) is 11.6. The number of rotatable bonds is 16. The molecular formula is C19H36O5. The molecule has 0 aliphatic rings. The molecule has 5 nitrogen and oxygen atoms in total. The maximum Gasteiger partial charge on any atom is 0.306 e. The summed E-state index contributed by atoms with van der Waals surface area (Å²) in [4.78, 5) is 22.7. The summed E-state index contributed by atoms with van der Waals surface area (Å²) < 4.78 is 9.86. The van der Waals surface area contributed by atoms with Crippen LogP contribution in [-0.2, 0) is 19.1 Å². The maximum atomic E-state index is 11.5. The van der Waals surface area contributed by atoms with Gasteiger partial charge in [-0.05, 0) is 13.3 Å². The predicted octanol–water partition coefficient (Wildman–Crippen LogP) is 4.15. The van der Waals surface area contributed by atoms with E-state index < -0.39 is 12.1 Å². The van der Waals surface area contributed by atoms with Gasteiger partial charge in [0, 0.05) is 0 Å². The van der Waals surface area contributed by atoms with Crippen molar-refractivity contribution in [2.45, 2.75) is 97.0 Å². The Hall–Kier alpha value is -1.10. The highest BCUT2D eigenvalue weighted by Gasteiger charge is 2.09. The number of hydrogen-bond acceptors (Lipinski definition) is 5. The van der Waals surface area contributed by atoms with Gasteiger partial charge in [-0.15, -0.1) is 0 Å². The summed E-state index contributed by atoms with van der Waals surface area (Å²) in [6.45, 7) is 4.16. The fourth-order valence-electron chi connectivity index (χ4n) is 2.34. The van der Waals surface area contributed by atoms with Gasteiger partial charge in [-0.2, -0.15) is 0 Å². The van der Waals surface area contributed by atoms with Crippen molar-refractivity contribution < 1.29 is 24.2 Å². The lowest BCUT2D eigenvalue weighted by molar-refractivity contribution is -0.151. The number of carbonyl (C=O) groups is 2. The van der Waals surface area contributed by atoms with Crippen LogP contribution in [0, 0.1) is 0 Å². The van der Waals surface area contributed by atoms with E-state index in [1.807, 2.05) is 0 Å². The van der Waals surface area contributed by atoms with Crippen molar-refractivity contribution in [3.05, 3.63) is 0 Å². The number of hydrogen-bond donors (Lipinski definition) is 1. The predicted molar refractivity (Wildman–Crippen MR) is 94.7 cm³/mol. The molecule has 1 N–H and O–H groups in total. The number of aliphatic hydroxyl groups is 1. The van der Waals surface area contributed by atoms with Gasteiger partial charge in [0.2, 0.25) is 0 Å². The average molecular weight is 344 g/mol. The van der Waals surface area contributed by atoms with Crippen molar-refractivity contribution in [1.29, 1.82) is 0 Å². The van der Waals surface area contributed by atoms with E-state index in [0.717, 1.165) is 12.8 Å². The summed E-state index contributed by atoms with van der Waals surface area (Å²) in [5.74, 6) is -0.841. The van der Waals surface area contributed by atoms with Gasteiger partial charge in [0.05, 0.1) is 25.6 Å². The van der Waals surface area contributed by atoms with E-state index in [4.69, 9.17) is 14.6 Å². The summed E-state index contributed by atoms with van der Waals surface area (Å²) in [5.41, 5.74) is 0. The first-order valence-electron chi connectivity index (χ1n) is 9.55. The molecule has 5 heteroatoms. The Morgan fingerprint density at radius 2 is 1.25 bits per heavy atom. The molecule has 142 valence electrons. The Morgan fingerprint density at radius 3 is 1.75 bits per heavy atom. The molecular weight excluding hydrogens is 308 g/mol. The van der Waals surface area contributed by atoms with Crippen LogP contribution in [0.1, 0.15) is 90.9 Å². The van der Waals surface area contributed by atoms with Gasteiger partial charge < -0.3 is 14.6 Å². The lowest BCUT2D eigenvalue weighted by Gasteiger charge is -2.07. The Morgan fingerprint density at radius 1 is 0.792 bits per heavy atom. The zero-order chi connectivity index (χ0) is 18.0. The number of carbonyl (C=O) groups excluding carboxylic acids is 2. The van der Waals surface area contributed by atoms with Gasteiger partial charge in [-0.3, -0.25) is 9.59 Å². The summed E-state index contributed by atoms with van der Waals surface area (Å²) in [6, 6.07) is 0. The fraction of sp³-hybridized carbons (Fsp3) is 0.895. The third kappa shape index (κ3) is 17.3. The Balaban J connectivity index is 3.30. The smallest absolute Gasteiger partial charge is 0.306 e. The maximum absolute atomic E-state index is 11.5. The van der Waals surface area contributed by atoms with E-state index in [0.29, 0.717) is 6.61 Å². The molecule has 0 aromatic rings. The van der Waals surface area contributed by atoms with Gasteiger partial charge in [0.15, 0.2) is 0 Å². The minimum absolute atomic E-state index is 0.00356. The molecule has 0 amide bonds. The second-order valence-electron chi connectivity index (χ2n) is 6.43. The molecule has 0 aromatic heterocycles. The monoisotopic (exact) mass is 344 g/mol. The van der Waals surface area contributed by atoms with Crippen molar-refractivity contribution >= 4 is 11.9 Å². The zero-order valence-electron chi connectivity index (χ0n) is 15.6. The molecule has 0 saturated carbocycles. The highest BCUT2D eigenvalue weighted by molar-refractivity contribution is 5.77. The molecule has 0 spiro atoms. The van der Waals surface area contributed by atoms with Crippen LogP contribution in [-0.4, -0.2) is 36.4 Å². The first kappa shape index (κ1) is 22.9. The number of esters is 2. The van der Waals surface area contributed by atoms with Crippen molar-refractivity contribution in [1.82, 2.24) is 0 Å². The third-order valence-corrected chi connectivity index (χ3v) is 3.78. The molecule has 0 aliphatic carbocycles. The summed E-state index contributed by atoms with van der Waals surface area (Å²) >= 11 is 0. The van der Waals surface area contributed by atoms with Crippen molar-refractivity contribution in [3.63, 3.8) is 0 Å². The minimum Gasteiger partial charge on any atom is -0.466 e. The standard InChI is InChI=1S/C19H36O5/c1-3-4-5-6-7-8-9-10-11-12-15-23-18(21)13-14-19(22)24-16-17(2)20/h17,20H,3-16H2,1-2H3. The average Bonchev–Trinajstić information content (AvgIpc) is 2.56. The van der Waals surface area contributed by atoms with Crippen LogP contribution in [0.15, 0.2) is 0 Å². The fourth-order valence-corrected chi connectivity index (χ4v) is 2.34. The summed E-state index contributed by atoms with van der Waals surface area (Å²) in [6.07, 6.45) is 11.8. The first-order valence-corrected chi connectivity index (χ1v) is 9.55. The SMILES string of the molecule is CCCCCCCCCCCCOC(=O)CCC(=O)OCC(C)O. The van der Waals surface area contributed by atoms with Crippen LogP contribution >= 0.6 is 0 Å². The Labute approximate surface area is 147 Å². The number of ether oxygens (including phenoxy) is 2. The van der Waals surface area contributed by atoms with Crippen LogP contribution in [0.25, 0.3) is 0 Å². The summed E-state index contributed by atoms with van der Waals surface area (Å²) in [7, 11) is 0. The molecule has 1 unspecified atom stereocenters. The van der Waals surface area contributed by atoms with E-state index in [1.54, 1.807) is 0 Å². The van der Waals surface area contributed by atoms with E-state index in [2.05, 4.69) is 6.92 Å². The van der Waals surface area contributed by atoms with Crippen molar-refractivity contribution in [2.75, 3.05) is 13.2 Å². The van der Waals surface area contributed by atoms with Crippen LogP contribution in [0.4, 0.5) is 0 Å². The molecule has 0 bridgehead atoms. The van der Waals surface area contributed by atoms with Crippen LogP contribution in [0.5, 0.6) is 0 Å². The molecule has 0 fully saturated rings. The largest absolute Gasteiger partial charge is 0.466 e. The molecule has 0 aliphatic heterocycles. The molecule has 1 atom stereocenters. The zero-order valence-corrected chi connectivity index (χ0v) is 15.6. The van der Waals surface area contributed by atoms with E-state index >= 15 is 0 Å². The molecule has 0 rings (SSSR count). The quantitative estimate of drug-likeness (QED) is 0.336. The molecule has 0 heterocycles. The van der Waals surface area contributed by atoms with Gasteiger partial charge in [0.25, 0.3) is 0 Å². The molecule has 24 heavy (non-hydrogen) atoms. The molecule has 0 aromatic carbocycles. The Bertz CT molecular complexity index is 315. The van der Waals surface area contributed by atoms with E-state index in [9.17, 15) is 9.59 Å². The highest BCUT2D eigenvalue weighted by atomic mass is 16.5. The second-order valence-corrected chi connectivity index (χ2v) is 6.43. The van der Waals surface area contributed by atoms with Gasteiger partial charge in [-0.1, -0.05) is 64.7 Å². The van der Waals surface area contributed by atoms with Crippen LogP contribution in [0.3, 0.4) is 0 Å². The Kier molecular flexibility index (Phi) is 16.0. The van der Waals surface area contributed by atoms with Crippen LogP contribution < -0.4 is 0 Å². The normalized spacial score (nSPS) is 12.0. The second kappa shape index (κ2) is 16.7. The topological polar surface area (TPSA) is 72.8 Å². The van der Waals surface area contributed by atoms with Crippen LogP contribution in [0.2, 0.25) is 0 Å². The molecule has 0 radical (unpaired) electrons. The molecule has 0 saturated heterocycles. The number of aliphatic hydroxyl groups excluding tert-OH is 1. The minimum atomic E-state index is -0.683.